The maximum absolute atomic E-state index is 13.4. The van der Waals surface area contributed by atoms with Gasteiger partial charge in [0.15, 0.2) is 0 Å². The van der Waals surface area contributed by atoms with Crippen LogP contribution in [0, 0.1) is 5.82 Å². The van der Waals surface area contributed by atoms with Crippen LogP contribution in [0.2, 0.25) is 0 Å². The summed E-state index contributed by atoms with van der Waals surface area (Å²) < 4.78 is 13.0. The molecule has 5 rings (SSSR count). The predicted octanol–water partition coefficient (Wildman–Crippen LogP) is 3.91. The Balaban J connectivity index is 1.32. The van der Waals surface area contributed by atoms with Gasteiger partial charge in [-0.3, -0.25) is 14.4 Å². The molecule has 3 aromatic rings. The minimum absolute atomic E-state index is 0.0723. The molecule has 0 saturated carbocycles. The SMILES string of the molecule is O=C(NCc1ccc(F)cc1)c1ccc(CN2C(=O)[C@H]3CCCN3C(=O)c3ccccc32)cc1. The van der Waals surface area contributed by atoms with E-state index < -0.39 is 6.04 Å². The maximum Gasteiger partial charge on any atom is 0.256 e. The second-order valence-corrected chi connectivity index (χ2v) is 8.60. The fraction of sp³-hybridized carbons (Fsp3) is 0.222. The first kappa shape index (κ1) is 21.8. The lowest BCUT2D eigenvalue weighted by Gasteiger charge is -2.26. The van der Waals surface area contributed by atoms with E-state index in [-0.39, 0.29) is 23.5 Å². The predicted molar refractivity (Wildman–Crippen MR) is 126 cm³/mol. The molecule has 0 unspecified atom stereocenters. The zero-order valence-electron chi connectivity index (χ0n) is 18.5. The molecule has 3 aromatic carbocycles. The fourth-order valence-corrected chi connectivity index (χ4v) is 4.60. The monoisotopic (exact) mass is 457 g/mol. The molecule has 0 aromatic heterocycles. The Labute approximate surface area is 197 Å². The number of rotatable bonds is 5. The largest absolute Gasteiger partial charge is 0.348 e. The lowest BCUT2D eigenvalue weighted by molar-refractivity contribution is -0.122. The molecule has 7 heteroatoms. The Hall–Kier alpha value is -4.00. The normalized spacial score (nSPS) is 17.3. The van der Waals surface area contributed by atoms with Gasteiger partial charge in [0, 0.05) is 18.7 Å². The Morgan fingerprint density at radius 3 is 2.41 bits per heavy atom. The van der Waals surface area contributed by atoms with Crippen molar-refractivity contribution in [1.29, 1.82) is 0 Å². The van der Waals surface area contributed by atoms with E-state index in [9.17, 15) is 18.8 Å². The first-order valence-corrected chi connectivity index (χ1v) is 11.3. The summed E-state index contributed by atoms with van der Waals surface area (Å²) in [4.78, 5) is 42.3. The van der Waals surface area contributed by atoms with E-state index in [0.29, 0.717) is 42.9 Å². The van der Waals surface area contributed by atoms with Crippen molar-refractivity contribution >= 4 is 23.4 Å². The lowest BCUT2D eigenvalue weighted by atomic mass is 10.1. The molecule has 3 amide bonds. The molecule has 2 aliphatic rings. The Morgan fingerprint density at radius 1 is 0.941 bits per heavy atom. The van der Waals surface area contributed by atoms with Crippen LogP contribution < -0.4 is 10.2 Å². The molecule has 1 fully saturated rings. The highest BCUT2D eigenvalue weighted by atomic mass is 19.1. The summed E-state index contributed by atoms with van der Waals surface area (Å²) in [6.45, 7) is 1.20. The van der Waals surface area contributed by atoms with Crippen LogP contribution in [0.5, 0.6) is 0 Å². The number of para-hydroxylation sites is 1. The van der Waals surface area contributed by atoms with Gasteiger partial charge >= 0.3 is 0 Å². The number of nitrogens with zero attached hydrogens (tertiary/aromatic N) is 2. The number of halogens is 1. The van der Waals surface area contributed by atoms with E-state index in [2.05, 4.69) is 5.32 Å². The molecule has 1 atom stereocenters. The summed E-state index contributed by atoms with van der Waals surface area (Å²) in [5, 5.41) is 2.83. The minimum Gasteiger partial charge on any atom is -0.348 e. The van der Waals surface area contributed by atoms with Gasteiger partial charge in [0.1, 0.15) is 11.9 Å². The summed E-state index contributed by atoms with van der Waals surface area (Å²) in [5.74, 6) is -0.723. The molecule has 0 bridgehead atoms. The first-order chi connectivity index (χ1) is 16.5. The molecule has 1 saturated heterocycles. The van der Waals surface area contributed by atoms with Gasteiger partial charge in [-0.25, -0.2) is 4.39 Å². The topological polar surface area (TPSA) is 69.7 Å². The summed E-state index contributed by atoms with van der Waals surface area (Å²) in [5.41, 5.74) is 3.31. The molecule has 0 radical (unpaired) electrons. The number of nitrogens with one attached hydrogen (secondary N) is 1. The number of fused-ring (bicyclic) bond motifs is 2. The molecule has 2 aliphatic heterocycles. The van der Waals surface area contributed by atoms with Crippen molar-refractivity contribution in [3.8, 4) is 0 Å². The second-order valence-electron chi connectivity index (χ2n) is 8.60. The molecule has 0 spiro atoms. The standard InChI is InChI=1S/C27H24FN3O3/c28-21-13-9-18(10-14-21)16-29-25(32)20-11-7-19(8-12-20)17-31-23-5-2-1-4-22(23)26(33)30-15-3-6-24(30)27(31)34/h1-2,4-5,7-14,24H,3,6,15-17H2,(H,29,32)/t24-/m1/s1. The van der Waals surface area contributed by atoms with Crippen molar-refractivity contribution in [2.45, 2.75) is 32.0 Å². The molecule has 2 heterocycles. The highest BCUT2D eigenvalue weighted by Crippen LogP contribution is 2.33. The van der Waals surface area contributed by atoms with Crippen LogP contribution in [-0.4, -0.2) is 35.2 Å². The molecule has 34 heavy (non-hydrogen) atoms. The van der Waals surface area contributed by atoms with Crippen LogP contribution in [0.15, 0.2) is 72.8 Å². The maximum atomic E-state index is 13.4. The third-order valence-electron chi connectivity index (χ3n) is 6.41. The average Bonchev–Trinajstić information content (AvgIpc) is 3.34. The van der Waals surface area contributed by atoms with Gasteiger partial charge in [-0.15, -0.1) is 0 Å². The number of benzene rings is 3. The van der Waals surface area contributed by atoms with Crippen molar-refractivity contribution in [3.63, 3.8) is 0 Å². The van der Waals surface area contributed by atoms with Crippen LogP contribution >= 0.6 is 0 Å². The molecular formula is C27H24FN3O3. The van der Waals surface area contributed by atoms with Crippen LogP contribution in [0.25, 0.3) is 0 Å². The van der Waals surface area contributed by atoms with Gasteiger partial charge in [-0.1, -0.05) is 36.4 Å². The van der Waals surface area contributed by atoms with E-state index in [1.165, 1.54) is 12.1 Å². The average molecular weight is 458 g/mol. The van der Waals surface area contributed by atoms with Crippen molar-refractivity contribution in [2.24, 2.45) is 0 Å². The van der Waals surface area contributed by atoms with Gasteiger partial charge in [0.2, 0.25) is 5.91 Å². The number of carbonyl (C=O) groups excluding carboxylic acids is 3. The van der Waals surface area contributed by atoms with E-state index in [0.717, 1.165) is 17.5 Å². The number of hydrogen-bond acceptors (Lipinski definition) is 3. The zero-order chi connectivity index (χ0) is 23.7. The highest BCUT2D eigenvalue weighted by Gasteiger charge is 2.41. The third-order valence-corrected chi connectivity index (χ3v) is 6.41. The summed E-state index contributed by atoms with van der Waals surface area (Å²) in [7, 11) is 0. The minimum atomic E-state index is -0.434. The summed E-state index contributed by atoms with van der Waals surface area (Å²) in [6, 6.07) is 19.8. The third kappa shape index (κ3) is 4.17. The molecule has 1 N–H and O–H groups in total. The van der Waals surface area contributed by atoms with E-state index in [1.807, 2.05) is 30.3 Å². The van der Waals surface area contributed by atoms with Gasteiger partial charge in [-0.05, 0) is 60.4 Å². The fourth-order valence-electron chi connectivity index (χ4n) is 4.60. The second kappa shape index (κ2) is 9.09. The van der Waals surface area contributed by atoms with Crippen molar-refractivity contribution < 1.29 is 18.8 Å². The number of carbonyl (C=O) groups is 3. The van der Waals surface area contributed by atoms with Gasteiger partial charge in [0.25, 0.3) is 11.8 Å². The lowest BCUT2D eigenvalue weighted by Crippen LogP contribution is -2.44. The van der Waals surface area contributed by atoms with Crippen molar-refractivity contribution in [3.05, 3.63) is 101 Å². The van der Waals surface area contributed by atoms with Crippen molar-refractivity contribution in [2.75, 3.05) is 11.4 Å². The number of hydrogen-bond donors (Lipinski definition) is 1. The molecule has 0 aliphatic carbocycles. The van der Waals surface area contributed by atoms with Crippen molar-refractivity contribution in [1.82, 2.24) is 10.2 Å². The molecule has 6 nitrogen and oxygen atoms in total. The van der Waals surface area contributed by atoms with Gasteiger partial charge in [-0.2, -0.15) is 0 Å². The summed E-state index contributed by atoms with van der Waals surface area (Å²) in [6.07, 6.45) is 1.49. The Morgan fingerprint density at radius 2 is 1.65 bits per heavy atom. The number of anilines is 1. The Kier molecular flexibility index (Phi) is 5.84. The van der Waals surface area contributed by atoms with Crippen LogP contribution in [0.1, 0.15) is 44.7 Å². The Bertz CT molecular complexity index is 1240. The van der Waals surface area contributed by atoms with Gasteiger partial charge in [0.05, 0.1) is 17.8 Å². The zero-order valence-corrected chi connectivity index (χ0v) is 18.5. The molecular weight excluding hydrogens is 433 g/mol. The van der Waals surface area contributed by atoms with Crippen LogP contribution in [0.4, 0.5) is 10.1 Å². The van der Waals surface area contributed by atoms with E-state index >= 15 is 0 Å². The van der Waals surface area contributed by atoms with E-state index in [4.69, 9.17) is 0 Å². The van der Waals surface area contributed by atoms with E-state index in [1.54, 1.807) is 40.1 Å². The summed E-state index contributed by atoms with van der Waals surface area (Å²) >= 11 is 0. The quantitative estimate of drug-likeness (QED) is 0.632. The smallest absolute Gasteiger partial charge is 0.256 e. The van der Waals surface area contributed by atoms with Crippen LogP contribution in [-0.2, 0) is 17.9 Å². The van der Waals surface area contributed by atoms with Crippen LogP contribution in [0.3, 0.4) is 0 Å². The number of amides is 3. The first-order valence-electron chi connectivity index (χ1n) is 11.3. The highest BCUT2D eigenvalue weighted by molar-refractivity contribution is 6.11. The van der Waals surface area contributed by atoms with Gasteiger partial charge < -0.3 is 15.1 Å². The molecule has 172 valence electrons.